The lowest BCUT2D eigenvalue weighted by molar-refractivity contribution is -0.120. The number of nitriles is 1. The number of anilines is 1. The average Bonchev–Trinajstić information content (AvgIpc) is 2.76. The van der Waals surface area contributed by atoms with Gasteiger partial charge >= 0.3 is 6.03 Å². The van der Waals surface area contributed by atoms with E-state index in [0.717, 1.165) is 31.4 Å². The normalized spacial score (nSPS) is 14.8. The first-order chi connectivity index (χ1) is 14.5. The van der Waals surface area contributed by atoms with Crippen LogP contribution in [0.3, 0.4) is 0 Å². The molecule has 1 fully saturated rings. The topological polar surface area (TPSA) is 103 Å². The summed E-state index contributed by atoms with van der Waals surface area (Å²) in [6, 6.07) is 15.2. The second kappa shape index (κ2) is 10.3. The number of benzene rings is 2. The van der Waals surface area contributed by atoms with E-state index in [1.54, 1.807) is 55.5 Å². The molecule has 0 bridgehead atoms. The summed E-state index contributed by atoms with van der Waals surface area (Å²) in [6.07, 6.45) is 5.36. The second-order valence-corrected chi connectivity index (χ2v) is 7.43. The van der Waals surface area contributed by atoms with E-state index in [4.69, 9.17) is 10.00 Å². The zero-order chi connectivity index (χ0) is 21.3. The molecule has 156 valence electrons. The highest BCUT2D eigenvalue weighted by molar-refractivity contribution is 5.98. The molecule has 3 N–H and O–H groups in total. The highest BCUT2D eigenvalue weighted by Crippen LogP contribution is 2.23. The maximum absolute atomic E-state index is 12.3. The van der Waals surface area contributed by atoms with Gasteiger partial charge in [0.05, 0.1) is 11.6 Å². The Balaban J connectivity index is 1.47. The minimum Gasteiger partial charge on any atom is -0.457 e. The molecule has 3 amide bonds. The predicted octanol–water partition coefficient (Wildman–Crippen LogP) is 4.31. The number of urea groups is 1. The number of ether oxygens (including phenoxy) is 1. The number of amides is 3. The Morgan fingerprint density at radius 2 is 1.60 bits per heavy atom. The van der Waals surface area contributed by atoms with Crippen LogP contribution in [0.1, 0.15) is 44.6 Å². The van der Waals surface area contributed by atoms with E-state index in [9.17, 15) is 9.59 Å². The standard InChI is InChI=1S/C23H26N4O3/c1-16(22(28)27-23(29)26-18-5-3-2-4-6-18)25-19-9-13-21(14-10-19)30-20-11-7-17(15-24)8-12-20/h7-14,16,18,25H,2-6H2,1H3,(H2,26,27,28,29). The first-order valence-electron chi connectivity index (χ1n) is 10.2. The zero-order valence-electron chi connectivity index (χ0n) is 17.0. The van der Waals surface area contributed by atoms with Crippen molar-refractivity contribution in [3.05, 3.63) is 54.1 Å². The van der Waals surface area contributed by atoms with Gasteiger partial charge in [0.1, 0.15) is 17.5 Å². The van der Waals surface area contributed by atoms with Crippen molar-refractivity contribution in [1.29, 1.82) is 5.26 Å². The van der Waals surface area contributed by atoms with Gasteiger partial charge in [0, 0.05) is 11.7 Å². The Labute approximate surface area is 176 Å². The molecule has 0 radical (unpaired) electrons. The highest BCUT2D eigenvalue weighted by atomic mass is 16.5. The van der Waals surface area contributed by atoms with Crippen LogP contribution in [0.2, 0.25) is 0 Å². The molecule has 0 aromatic heterocycles. The Morgan fingerprint density at radius 3 is 2.20 bits per heavy atom. The fourth-order valence-electron chi connectivity index (χ4n) is 3.36. The van der Waals surface area contributed by atoms with E-state index in [-0.39, 0.29) is 11.9 Å². The maximum Gasteiger partial charge on any atom is 0.321 e. The number of carbonyl (C=O) groups is 2. The fraction of sp³-hybridized carbons (Fsp3) is 0.348. The Morgan fingerprint density at radius 1 is 1.00 bits per heavy atom. The zero-order valence-corrected chi connectivity index (χ0v) is 17.0. The van der Waals surface area contributed by atoms with Gasteiger partial charge in [0.15, 0.2) is 0 Å². The van der Waals surface area contributed by atoms with E-state index in [0.29, 0.717) is 17.1 Å². The van der Waals surface area contributed by atoms with Crippen molar-refractivity contribution in [3.63, 3.8) is 0 Å². The van der Waals surface area contributed by atoms with E-state index in [1.807, 2.05) is 0 Å². The SMILES string of the molecule is CC(Nc1ccc(Oc2ccc(C#N)cc2)cc1)C(=O)NC(=O)NC1CCCCC1. The Hall–Kier alpha value is -3.53. The van der Waals surface area contributed by atoms with E-state index >= 15 is 0 Å². The van der Waals surface area contributed by atoms with Crippen LogP contribution >= 0.6 is 0 Å². The van der Waals surface area contributed by atoms with Crippen molar-refractivity contribution in [1.82, 2.24) is 10.6 Å². The number of rotatable bonds is 6. The summed E-state index contributed by atoms with van der Waals surface area (Å²) in [5.74, 6) is 0.877. The van der Waals surface area contributed by atoms with Gasteiger partial charge in [0.2, 0.25) is 5.91 Å². The summed E-state index contributed by atoms with van der Waals surface area (Å²) >= 11 is 0. The molecule has 1 unspecified atom stereocenters. The molecule has 1 saturated carbocycles. The molecule has 1 aliphatic rings. The van der Waals surface area contributed by atoms with Crippen molar-refractivity contribution in [2.45, 2.75) is 51.1 Å². The first-order valence-corrected chi connectivity index (χ1v) is 10.2. The number of carbonyl (C=O) groups excluding carboxylic acids is 2. The van der Waals surface area contributed by atoms with Gasteiger partial charge in [0.25, 0.3) is 0 Å². The molecule has 2 aromatic rings. The van der Waals surface area contributed by atoms with Gasteiger partial charge in [-0.25, -0.2) is 4.79 Å². The first kappa shape index (κ1) is 21.2. The van der Waals surface area contributed by atoms with Crippen molar-refractivity contribution in [2.24, 2.45) is 0 Å². The summed E-state index contributed by atoms with van der Waals surface area (Å²) < 4.78 is 5.74. The summed E-state index contributed by atoms with van der Waals surface area (Å²) in [7, 11) is 0. The van der Waals surface area contributed by atoms with E-state index < -0.39 is 12.1 Å². The molecular weight excluding hydrogens is 380 g/mol. The quantitative estimate of drug-likeness (QED) is 0.663. The number of nitrogens with one attached hydrogen (secondary N) is 3. The minimum atomic E-state index is -0.576. The van der Waals surface area contributed by atoms with Crippen molar-refractivity contribution in [2.75, 3.05) is 5.32 Å². The molecule has 0 heterocycles. The molecular formula is C23H26N4O3. The number of imide groups is 1. The molecule has 3 rings (SSSR count). The van der Waals surface area contributed by atoms with Gasteiger partial charge in [-0.05, 0) is 68.3 Å². The third-order valence-electron chi connectivity index (χ3n) is 5.03. The van der Waals surface area contributed by atoms with Crippen LogP contribution in [0.25, 0.3) is 0 Å². The Bertz CT molecular complexity index is 898. The predicted molar refractivity (Wildman–Crippen MR) is 114 cm³/mol. The minimum absolute atomic E-state index is 0.151. The largest absolute Gasteiger partial charge is 0.457 e. The lowest BCUT2D eigenvalue weighted by atomic mass is 9.96. The number of hydrogen-bond acceptors (Lipinski definition) is 5. The number of nitrogens with zero attached hydrogens (tertiary/aromatic N) is 1. The van der Waals surface area contributed by atoms with Gasteiger partial charge in [-0.3, -0.25) is 10.1 Å². The summed E-state index contributed by atoms with van der Waals surface area (Å²) in [5, 5.41) is 17.2. The molecule has 1 aliphatic carbocycles. The molecule has 1 atom stereocenters. The number of hydrogen-bond donors (Lipinski definition) is 3. The lowest BCUT2D eigenvalue weighted by Crippen LogP contribution is -2.49. The smallest absolute Gasteiger partial charge is 0.321 e. The Kier molecular flexibility index (Phi) is 7.28. The van der Waals surface area contributed by atoms with E-state index in [1.165, 1.54) is 6.42 Å². The van der Waals surface area contributed by atoms with Crippen LogP contribution in [-0.2, 0) is 4.79 Å². The van der Waals surface area contributed by atoms with Crippen LogP contribution in [-0.4, -0.2) is 24.0 Å². The van der Waals surface area contributed by atoms with Gasteiger partial charge in [-0.15, -0.1) is 0 Å². The third-order valence-corrected chi connectivity index (χ3v) is 5.03. The van der Waals surface area contributed by atoms with Gasteiger partial charge in [-0.2, -0.15) is 5.26 Å². The molecule has 7 nitrogen and oxygen atoms in total. The summed E-state index contributed by atoms with van der Waals surface area (Å²) in [4.78, 5) is 24.3. The van der Waals surface area contributed by atoms with Crippen LogP contribution in [0.5, 0.6) is 11.5 Å². The average molecular weight is 406 g/mol. The maximum atomic E-state index is 12.3. The molecule has 30 heavy (non-hydrogen) atoms. The fourth-order valence-corrected chi connectivity index (χ4v) is 3.36. The van der Waals surface area contributed by atoms with Crippen molar-refractivity contribution in [3.8, 4) is 17.6 Å². The highest BCUT2D eigenvalue weighted by Gasteiger charge is 2.19. The van der Waals surface area contributed by atoms with Crippen molar-refractivity contribution >= 4 is 17.6 Å². The monoisotopic (exact) mass is 406 g/mol. The summed E-state index contributed by atoms with van der Waals surface area (Å²) in [6.45, 7) is 1.70. The van der Waals surface area contributed by atoms with Crippen LogP contribution in [0.15, 0.2) is 48.5 Å². The van der Waals surface area contributed by atoms with Crippen LogP contribution < -0.4 is 20.7 Å². The van der Waals surface area contributed by atoms with Gasteiger partial charge in [-0.1, -0.05) is 19.3 Å². The van der Waals surface area contributed by atoms with Crippen LogP contribution in [0.4, 0.5) is 10.5 Å². The lowest BCUT2D eigenvalue weighted by Gasteiger charge is -2.23. The van der Waals surface area contributed by atoms with Gasteiger partial charge < -0.3 is 15.4 Å². The molecule has 2 aromatic carbocycles. The molecule has 0 spiro atoms. The second-order valence-electron chi connectivity index (χ2n) is 7.43. The van der Waals surface area contributed by atoms with E-state index in [2.05, 4.69) is 22.0 Å². The summed E-state index contributed by atoms with van der Waals surface area (Å²) in [5.41, 5.74) is 1.30. The molecule has 0 saturated heterocycles. The van der Waals surface area contributed by atoms with Crippen molar-refractivity contribution < 1.29 is 14.3 Å². The molecule has 7 heteroatoms. The van der Waals surface area contributed by atoms with Crippen LogP contribution in [0, 0.1) is 11.3 Å². The molecule has 0 aliphatic heterocycles. The third kappa shape index (κ3) is 6.24.